The minimum absolute atomic E-state index is 0.144. The van der Waals surface area contributed by atoms with Crippen molar-refractivity contribution in [1.29, 1.82) is 0 Å². The van der Waals surface area contributed by atoms with Crippen molar-refractivity contribution in [1.82, 2.24) is 9.88 Å². The maximum absolute atomic E-state index is 12.6. The van der Waals surface area contributed by atoms with Gasteiger partial charge in [-0.25, -0.2) is 4.79 Å². The van der Waals surface area contributed by atoms with Crippen LogP contribution in [0.25, 0.3) is 0 Å². The van der Waals surface area contributed by atoms with Crippen LogP contribution in [0.4, 0.5) is 10.5 Å². The molecule has 0 radical (unpaired) electrons. The quantitative estimate of drug-likeness (QED) is 0.833. The number of urea groups is 1. The normalized spacial score (nSPS) is 17.9. The second-order valence-electron chi connectivity index (χ2n) is 6.57. The van der Waals surface area contributed by atoms with Gasteiger partial charge in [-0.3, -0.25) is 9.78 Å². The molecule has 146 valence electrons. The van der Waals surface area contributed by atoms with Crippen molar-refractivity contribution in [3.05, 3.63) is 42.2 Å². The fourth-order valence-corrected chi connectivity index (χ4v) is 3.21. The zero-order valence-electron chi connectivity index (χ0n) is 15.1. The second kappa shape index (κ2) is 7.63. The Bertz CT molecular complexity index is 904. The minimum atomic E-state index is -0.612. The Morgan fingerprint density at radius 1 is 1.21 bits per heavy atom. The first-order chi connectivity index (χ1) is 13.6. The van der Waals surface area contributed by atoms with Gasteiger partial charge in [0.05, 0.1) is 6.54 Å². The van der Waals surface area contributed by atoms with Gasteiger partial charge in [0.25, 0.3) is 5.91 Å². The highest BCUT2D eigenvalue weighted by molar-refractivity contribution is 5.91. The zero-order chi connectivity index (χ0) is 19.5. The van der Waals surface area contributed by atoms with E-state index in [1.165, 1.54) is 12.3 Å². The number of hydrogen-bond acceptors (Lipinski definition) is 6. The largest absolute Gasteiger partial charge is 0.488 e. The van der Waals surface area contributed by atoms with E-state index in [0.717, 1.165) is 12.8 Å². The van der Waals surface area contributed by atoms with Gasteiger partial charge in [-0.15, -0.1) is 0 Å². The number of hydrogen-bond donors (Lipinski definition) is 2. The molecule has 1 atom stereocenters. The average Bonchev–Trinajstić information content (AvgIpc) is 3.16. The second-order valence-corrected chi connectivity index (χ2v) is 6.57. The standard InChI is InChI=1S/C19H20N4O5/c20-18(24)15-9-13(5-6-21-15)28-14-2-1-7-23(10-14)19(25)22-12-3-4-16-17(8-12)27-11-26-16/h3-6,8-9,14H,1-2,7,10-11H2,(H2,20,24)(H,22,25). The predicted octanol–water partition coefficient (Wildman–Crippen LogP) is 1.98. The summed E-state index contributed by atoms with van der Waals surface area (Å²) in [5.41, 5.74) is 6.03. The molecule has 2 aromatic rings. The molecule has 1 saturated heterocycles. The van der Waals surface area contributed by atoms with Crippen molar-refractivity contribution in [2.45, 2.75) is 18.9 Å². The van der Waals surface area contributed by atoms with Crippen LogP contribution in [-0.2, 0) is 0 Å². The highest BCUT2D eigenvalue weighted by Gasteiger charge is 2.25. The van der Waals surface area contributed by atoms with Crippen LogP contribution >= 0.6 is 0 Å². The first kappa shape index (κ1) is 17.9. The lowest BCUT2D eigenvalue weighted by atomic mass is 10.1. The number of nitrogens with zero attached hydrogens (tertiary/aromatic N) is 2. The molecule has 1 fully saturated rings. The molecule has 0 saturated carbocycles. The molecule has 3 amide bonds. The van der Waals surface area contributed by atoms with E-state index in [0.29, 0.717) is 36.0 Å². The number of primary amides is 1. The topological polar surface area (TPSA) is 116 Å². The molecule has 3 N–H and O–H groups in total. The SMILES string of the molecule is NC(=O)c1cc(OC2CCCN(C(=O)Nc3ccc4c(c3)OCO4)C2)ccn1. The Morgan fingerprint density at radius 2 is 2.07 bits per heavy atom. The number of likely N-dealkylation sites (tertiary alicyclic amines) is 1. The zero-order valence-corrected chi connectivity index (χ0v) is 15.1. The summed E-state index contributed by atoms with van der Waals surface area (Å²) >= 11 is 0. The Morgan fingerprint density at radius 3 is 2.93 bits per heavy atom. The molecule has 1 unspecified atom stereocenters. The number of anilines is 1. The number of benzene rings is 1. The lowest BCUT2D eigenvalue weighted by molar-refractivity contribution is 0.0989. The maximum Gasteiger partial charge on any atom is 0.321 e. The molecule has 0 bridgehead atoms. The molecule has 0 spiro atoms. The molecule has 28 heavy (non-hydrogen) atoms. The third-order valence-electron chi connectivity index (χ3n) is 4.58. The predicted molar refractivity (Wildman–Crippen MR) is 99.6 cm³/mol. The van der Waals surface area contributed by atoms with Crippen LogP contribution in [0.5, 0.6) is 17.2 Å². The third kappa shape index (κ3) is 3.93. The van der Waals surface area contributed by atoms with Gasteiger partial charge in [-0.2, -0.15) is 0 Å². The van der Waals surface area contributed by atoms with E-state index >= 15 is 0 Å². The molecule has 3 heterocycles. The molecule has 2 aliphatic heterocycles. The van der Waals surface area contributed by atoms with Crippen molar-refractivity contribution in [3.8, 4) is 17.2 Å². The number of fused-ring (bicyclic) bond motifs is 1. The van der Waals surface area contributed by atoms with Crippen LogP contribution in [-0.4, -0.2) is 47.8 Å². The van der Waals surface area contributed by atoms with Gasteiger partial charge in [0.2, 0.25) is 6.79 Å². The molecule has 1 aromatic heterocycles. The molecule has 9 heteroatoms. The summed E-state index contributed by atoms with van der Waals surface area (Å²) in [6.45, 7) is 1.26. The van der Waals surface area contributed by atoms with E-state index in [4.69, 9.17) is 19.9 Å². The van der Waals surface area contributed by atoms with Crippen LogP contribution in [0.15, 0.2) is 36.5 Å². The van der Waals surface area contributed by atoms with E-state index in [1.807, 2.05) is 0 Å². The van der Waals surface area contributed by atoms with Crippen LogP contribution in [0.3, 0.4) is 0 Å². The number of nitrogens with one attached hydrogen (secondary N) is 1. The lowest BCUT2D eigenvalue weighted by Gasteiger charge is -2.33. The van der Waals surface area contributed by atoms with E-state index in [1.54, 1.807) is 29.2 Å². The number of carbonyl (C=O) groups excluding carboxylic acids is 2. The fraction of sp³-hybridized carbons (Fsp3) is 0.316. The Hall–Kier alpha value is -3.49. The Balaban J connectivity index is 1.37. The Kier molecular flexibility index (Phi) is 4.88. The maximum atomic E-state index is 12.6. The summed E-state index contributed by atoms with van der Waals surface area (Å²) in [4.78, 5) is 29.5. The molecule has 9 nitrogen and oxygen atoms in total. The first-order valence-corrected chi connectivity index (χ1v) is 8.96. The number of piperidine rings is 1. The highest BCUT2D eigenvalue weighted by Crippen LogP contribution is 2.34. The minimum Gasteiger partial charge on any atom is -0.488 e. The van der Waals surface area contributed by atoms with Gasteiger partial charge in [0, 0.05) is 30.6 Å². The number of rotatable bonds is 4. The lowest BCUT2D eigenvalue weighted by Crippen LogP contribution is -2.46. The summed E-state index contributed by atoms with van der Waals surface area (Å²) in [5, 5.41) is 2.87. The molecular weight excluding hydrogens is 364 g/mol. The van der Waals surface area contributed by atoms with Crippen LogP contribution in [0, 0.1) is 0 Å². The monoisotopic (exact) mass is 384 g/mol. The van der Waals surface area contributed by atoms with Gasteiger partial charge in [0.1, 0.15) is 17.5 Å². The van der Waals surface area contributed by atoms with Gasteiger partial charge >= 0.3 is 6.03 Å². The van der Waals surface area contributed by atoms with Crippen molar-refractivity contribution < 1.29 is 23.8 Å². The van der Waals surface area contributed by atoms with Crippen LogP contribution < -0.4 is 25.3 Å². The van der Waals surface area contributed by atoms with Crippen molar-refractivity contribution >= 4 is 17.6 Å². The average molecular weight is 384 g/mol. The van der Waals surface area contributed by atoms with Gasteiger partial charge in [-0.1, -0.05) is 0 Å². The van der Waals surface area contributed by atoms with E-state index in [9.17, 15) is 9.59 Å². The smallest absolute Gasteiger partial charge is 0.321 e. The van der Waals surface area contributed by atoms with E-state index in [-0.39, 0.29) is 24.6 Å². The Labute approximate surface area is 161 Å². The van der Waals surface area contributed by atoms with Gasteiger partial charge in [0.15, 0.2) is 11.5 Å². The molecule has 4 rings (SSSR count). The number of amides is 3. The van der Waals surface area contributed by atoms with Crippen LogP contribution in [0.1, 0.15) is 23.3 Å². The summed E-state index contributed by atoms with van der Waals surface area (Å²) in [7, 11) is 0. The molecular formula is C19H20N4O5. The number of aromatic nitrogens is 1. The molecule has 1 aromatic carbocycles. The highest BCUT2D eigenvalue weighted by atomic mass is 16.7. The van der Waals surface area contributed by atoms with Gasteiger partial charge < -0.3 is 30.2 Å². The van der Waals surface area contributed by atoms with Gasteiger partial charge in [-0.05, 0) is 31.0 Å². The van der Waals surface area contributed by atoms with Crippen molar-refractivity contribution in [2.75, 3.05) is 25.2 Å². The number of pyridine rings is 1. The summed E-state index contributed by atoms with van der Waals surface area (Å²) in [5.74, 6) is 1.17. The summed E-state index contributed by atoms with van der Waals surface area (Å²) < 4.78 is 16.5. The number of nitrogens with two attached hydrogens (primary N) is 1. The van der Waals surface area contributed by atoms with Crippen molar-refractivity contribution in [3.63, 3.8) is 0 Å². The summed E-state index contributed by atoms with van der Waals surface area (Å²) in [6.07, 6.45) is 2.91. The number of ether oxygens (including phenoxy) is 3. The molecule has 2 aliphatic rings. The number of carbonyl (C=O) groups is 2. The fourth-order valence-electron chi connectivity index (χ4n) is 3.21. The summed E-state index contributed by atoms with van der Waals surface area (Å²) in [6, 6.07) is 8.23. The van der Waals surface area contributed by atoms with E-state index < -0.39 is 5.91 Å². The first-order valence-electron chi connectivity index (χ1n) is 8.96. The van der Waals surface area contributed by atoms with E-state index in [2.05, 4.69) is 10.3 Å². The van der Waals surface area contributed by atoms with Crippen LogP contribution in [0.2, 0.25) is 0 Å². The molecule has 0 aliphatic carbocycles. The third-order valence-corrected chi connectivity index (χ3v) is 4.58. The van der Waals surface area contributed by atoms with Crippen molar-refractivity contribution in [2.24, 2.45) is 5.73 Å².